The minimum atomic E-state index is -0.0642. The van der Waals surface area contributed by atoms with E-state index in [4.69, 9.17) is 0 Å². The SMILES string of the molecule is CC1(C)C2=CCC(c3cccc(-c4c5ccccc5c(-c5ccccc5)c5ccccc45)c3)C=C2c2ccc3cc4sc5ccccc5c4cc3c21. The molecular weight excluding hydrogens is 645 g/mol. The van der Waals surface area contributed by atoms with Gasteiger partial charge in [-0.15, -0.1) is 11.3 Å². The van der Waals surface area contributed by atoms with Gasteiger partial charge >= 0.3 is 0 Å². The molecule has 2 aliphatic rings. The van der Waals surface area contributed by atoms with Gasteiger partial charge in [0.05, 0.1) is 0 Å². The van der Waals surface area contributed by atoms with Crippen LogP contribution in [0.4, 0.5) is 0 Å². The monoisotopic (exact) mass is 680 g/mol. The number of fused-ring (bicyclic) bond motifs is 10. The standard InChI is InChI=1S/C51H36S/c1-51(2)45-26-24-33(28-43(45)41-25-23-34-29-47-44(30-42(34)50(41)51)36-17-10-11-22-46(36)52-47)32-15-12-16-35(27-32)49-39-20-8-6-18-37(39)48(31-13-4-3-5-14-31)38-19-7-9-21-40(38)49/h3-23,25-30,33H,24H2,1-2H3. The van der Waals surface area contributed by atoms with Crippen molar-refractivity contribution in [3.05, 3.63) is 186 Å². The van der Waals surface area contributed by atoms with Crippen LogP contribution in [0.2, 0.25) is 0 Å². The minimum absolute atomic E-state index is 0.0642. The number of rotatable bonds is 3. The Morgan fingerprint density at radius 1 is 0.519 bits per heavy atom. The predicted molar refractivity (Wildman–Crippen MR) is 226 cm³/mol. The number of benzene rings is 8. The molecule has 1 heteroatoms. The lowest BCUT2D eigenvalue weighted by Crippen LogP contribution is -2.17. The number of hydrogen-bond donors (Lipinski definition) is 0. The van der Waals surface area contributed by atoms with Crippen molar-refractivity contribution in [2.24, 2.45) is 0 Å². The van der Waals surface area contributed by atoms with E-state index in [1.54, 1.807) is 0 Å². The third kappa shape index (κ3) is 4.27. The number of allylic oxidation sites excluding steroid dienone is 4. The summed E-state index contributed by atoms with van der Waals surface area (Å²) in [5, 5.41) is 10.7. The van der Waals surface area contributed by atoms with Crippen LogP contribution in [0.1, 0.15) is 42.9 Å². The average molecular weight is 681 g/mol. The summed E-state index contributed by atoms with van der Waals surface area (Å²) < 4.78 is 2.73. The van der Waals surface area contributed by atoms with Gasteiger partial charge in [-0.3, -0.25) is 0 Å². The Bertz CT molecular complexity index is 2950. The van der Waals surface area contributed by atoms with E-state index < -0.39 is 0 Å². The van der Waals surface area contributed by atoms with Crippen LogP contribution in [0.15, 0.2) is 169 Å². The van der Waals surface area contributed by atoms with Gasteiger partial charge in [-0.05, 0) is 107 Å². The van der Waals surface area contributed by atoms with Crippen molar-refractivity contribution in [3.8, 4) is 22.3 Å². The highest BCUT2D eigenvalue weighted by molar-refractivity contribution is 7.25. The smallest absolute Gasteiger partial charge is 0.0361 e. The van der Waals surface area contributed by atoms with Gasteiger partial charge in [-0.25, -0.2) is 0 Å². The zero-order chi connectivity index (χ0) is 34.6. The van der Waals surface area contributed by atoms with E-state index in [1.165, 1.54) is 103 Å². The Hall–Kier alpha value is -5.76. The van der Waals surface area contributed by atoms with Crippen LogP contribution in [-0.4, -0.2) is 0 Å². The van der Waals surface area contributed by atoms with Gasteiger partial charge < -0.3 is 0 Å². The van der Waals surface area contributed by atoms with E-state index in [9.17, 15) is 0 Å². The molecule has 0 nitrogen and oxygen atoms in total. The fourth-order valence-electron chi connectivity index (χ4n) is 9.63. The lowest BCUT2D eigenvalue weighted by Gasteiger charge is -2.27. The van der Waals surface area contributed by atoms with Crippen molar-refractivity contribution in [3.63, 3.8) is 0 Å². The molecule has 8 aromatic carbocycles. The summed E-state index contributed by atoms with van der Waals surface area (Å²) in [6.07, 6.45) is 6.14. The topological polar surface area (TPSA) is 0 Å². The molecule has 0 saturated carbocycles. The summed E-state index contributed by atoms with van der Waals surface area (Å²) in [5.41, 5.74) is 12.2. The maximum Gasteiger partial charge on any atom is 0.0361 e. The Morgan fingerprint density at radius 3 is 1.88 bits per heavy atom. The first-order chi connectivity index (χ1) is 25.5. The molecule has 0 fully saturated rings. The molecule has 0 bridgehead atoms. The molecule has 1 atom stereocenters. The molecule has 52 heavy (non-hydrogen) atoms. The van der Waals surface area contributed by atoms with Crippen LogP contribution in [0, 0.1) is 0 Å². The molecule has 11 rings (SSSR count). The first-order valence-corrected chi connectivity index (χ1v) is 19.3. The van der Waals surface area contributed by atoms with Crippen LogP contribution < -0.4 is 0 Å². The Labute approximate surface area is 308 Å². The predicted octanol–water partition coefficient (Wildman–Crippen LogP) is 14.6. The number of hydrogen-bond acceptors (Lipinski definition) is 1. The Balaban J connectivity index is 1.06. The van der Waals surface area contributed by atoms with Gasteiger partial charge in [0, 0.05) is 31.5 Å². The lowest BCUT2D eigenvalue weighted by atomic mass is 9.77. The van der Waals surface area contributed by atoms with Crippen LogP contribution in [0.25, 0.3) is 80.3 Å². The molecular formula is C51H36S. The quantitative estimate of drug-likeness (QED) is 0.163. The first-order valence-electron chi connectivity index (χ1n) is 18.5. The highest BCUT2D eigenvalue weighted by Crippen LogP contribution is 2.56. The van der Waals surface area contributed by atoms with E-state index in [1.807, 2.05) is 11.3 Å². The van der Waals surface area contributed by atoms with Crippen LogP contribution in [0.3, 0.4) is 0 Å². The van der Waals surface area contributed by atoms with Crippen molar-refractivity contribution in [1.29, 1.82) is 0 Å². The average Bonchev–Trinajstić information content (AvgIpc) is 3.67. The molecule has 0 N–H and O–H groups in total. The third-order valence-corrected chi connectivity index (χ3v) is 13.1. The summed E-state index contributed by atoms with van der Waals surface area (Å²) in [6.45, 7) is 4.87. The first kappa shape index (κ1) is 29.9. The van der Waals surface area contributed by atoms with Crippen LogP contribution >= 0.6 is 11.3 Å². The normalized spacial score (nSPS) is 16.4. The third-order valence-electron chi connectivity index (χ3n) is 11.9. The summed E-state index contributed by atoms with van der Waals surface area (Å²) in [5.74, 6) is 0.306. The molecule has 0 radical (unpaired) electrons. The summed E-state index contributed by atoms with van der Waals surface area (Å²) in [6, 6.07) is 56.7. The molecule has 0 amide bonds. The van der Waals surface area contributed by atoms with E-state index in [-0.39, 0.29) is 5.41 Å². The van der Waals surface area contributed by atoms with Crippen LogP contribution in [0.5, 0.6) is 0 Å². The maximum absolute atomic E-state index is 2.58. The molecule has 246 valence electrons. The van der Waals surface area contributed by atoms with Crippen LogP contribution in [-0.2, 0) is 5.41 Å². The Kier molecular flexibility index (Phi) is 6.40. The number of thiophene rings is 1. The molecule has 0 spiro atoms. The molecule has 1 heterocycles. The van der Waals surface area contributed by atoms with Gasteiger partial charge in [-0.1, -0.05) is 159 Å². The molecule has 1 unspecified atom stereocenters. The lowest BCUT2D eigenvalue weighted by molar-refractivity contribution is 0.656. The summed E-state index contributed by atoms with van der Waals surface area (Å²) in [4.78, 5) is 0. The van der Waals surface area contributed by atoms with Gasteiger partial charge in [0.1, 0.15) is 0 Å². The highest BCUT2D eigenvalue weighted by Gasteiger charge is 2.41. The van der Waals surface area contributed by atoms with Crippen molar-refractivity contribution in [2.75, 3.05) is 0 Å². The second-order valence-electron chi connectivity index (χ2n) is 15.2. The van der Waals surface area contributed by atoms with E-state index in [2.05, 4.69) is 178 Å². The maximum atomic E-state index is 2.58. The summed E-state index contributed by atoms with van der Waals surface area (Å²) >= 11 is 1.90. The van der Waals surface area contributed by atoms with E-state index >= 15 is 0 Å². The zero-order valence-corrected chi connectivity index (χ0v) is 30.1. The fourth-order valence-corrected chi connectivity index (χ4v) is 10.8. The van der Waals surface area contributed by atoms with E-state index in [0.717, 1.165) is 6.42 Å². The molecule has 1 aromatic heterocycles. The molecule has 2 aliphatic carbocycles. The van der Waals surface area contributed by atoms with E-state index in [0.29, 0.717) is 5.92 Å². The molecule has 0 aliphatic heterocycles. The second-order valence-corrected chi connectivity index (χ2v) is 16.2. The second kappa shape index (κ2) is 11.1. The van der Waals surface area contributed by atoms with Gasteiger partial charge in [0.25, 0.3) is 0 Å². The molecule has 9 aromatic rings. The molecule has 0 saturated heterocycles. The fraction of sp³-hybridized carbons (Fsp3) is 0.0980. The van der Waals surface area contributed by atoms with Gasteiger partial charge in [-0.2, -0.15) is 0 Å². The van der Waals surface area contributed by atoms with Crippen molar-refractivity contribution >= 4 is 69.4 Å². The van der Waals surface area contributed by atoms with Gasteiger partial charge in [0.15, 0.2) is 0 Å². The minimum Gasteiger partial charge on any atom is -0.135 e. The summed E-state index contributed by atoms with van der Waals surface area (Å²) in [7, 11) is 0. The highest BCUT2D eigenvalue weighted by atomic mass is 32.1. The van der Waals surface area contributed by atoms with Crippen molar-refractivity contribution in [1.82, 2.24) is 0 Å². The van der Waals surface area contributed by atoms with Gasteiger partial charge in [0.2, 0.25) is 0 Å². The largest absolute Gasteiger partial charge is 0.135 e. The van der Waals surface area contributed by atoms with Crippen molar-refractivity contribution in [2.45, 2.75) is 31.6 Å². The van der Waals surface area contributed by atoms with Crippen molar-refractivity contribution < 1.29 is 0 Å². The Morgan fingerprint density at radius 2 is 1.15 bits per heavy atom. The zero-order valence-electron chi connectivity index (χ0n) is 29.3.